The minimum Gasteiger partial charge on any atom is -0.489 e. The average Bonchev–Trinajstić information content (AvgIpc) is 2.25. The highest BCUT2D eigenvalue weighted by molar-refractivity contribution is 5.15. The van der Waals surface area contributed by atoms with Crippen LogP contribution in [-0.4, -0.2) is 0 Å². The van der Waals surface area contributed by atoms with Crippen molar-refractivity contribution in [2.75, 3.05) is 0 Å². The molecule has 14 heavy (non-hydrogen) atoms. The van der Waals surface area contributed by atoms with Crippen molar-refractivity contribution in [2.24, 2.45) is 0 Å². The maximum Gasteiger partial charge on any atom is 0.115 e. The van der Waals surface area contributed by atoms with Gasteiger partial charge in [-0.1, -0.05) is 43.8 Å². The average molecular weight is 188 g/mol. The van der Waals surface area contributed by atoms with Gasteiger partial charge in [-0.3, -0.25) is 0 Å². The first kappa shape index (κ1) is 10.6. The summed E-state index contributed by atoms with van der Waals surface area (Å²) in [6.45, 7) is 6.39. The molecule has 0 fully saturated rings. The van der Waals surface area contributed by atoms with Crippen LogP contribution in [-0.2, 0) is 11.3 Å². The summed E-state index contributed by atoms with van der Waals surface area (Å²) >= 11 is 0. The van der Waals surface area contributed by atoms with Crippen molar-refractivity contribution in [2.45, 2.75) is 20.0 Å². The maximum absolute atomic E-state index is 5.56. The fraction of sp³-hybridized carbons (Fsp3) is 0.231. The molecule has 0 aliphatic heterocycles. The van der Waals surface area contributed by atoms with E-state index in [2.05, 4.69) is 13.5 Å². The molecular weight excluding hydrogens is 172 g/mol. The standard InChI is InChI=1S/C13H16O/c1-3-8-13(4-2)14-11-12-9-6-5-7-10-12/h4-10H,2-3,11H2,1H3/b13-8+. The molecule has 0 aliphatic carbocycles. The Bertz CT molecular complexity index is 298. The Morgan fingerprint density at radius 2 is 2.07 bits per heavy atom. The molecule has 0 unspecified atom stereocenters. The fourth-order valence-electron chi connectivity index (χ4n) is 1.14. The molecule has 1 rings (SSSR count). The van der Waals surface area contributed by atoms with Crippen molar-refractivity contribution in [3.05, 3.63) is 60.4 Å². The molecule has 0 bridgehead atoms. The van der Waals surface area contributed by atoms with Crippen LogP contribution >= 0.6 is 0 Å². The van der Waals surface area contributed by atoms with E-state index in [1.807, 2.05) is 36.4 Å². The van der Waals surface area contributed by atoms with Crippen molar-refractivity contribution in [3.63, 3.8) is 0 Å². The van der Waals surface area contributed by atoms with E-state index in [-0.39, 0.29) is 0 Å². The Morgan fingerprint density at radius 1 is 1.36 bits per heavy atom. The SMILES string of the molecule is C=C/C(=C\CC)OCc1ccccc1. The van der Waals surface area contributed by atoms with Gasteiger partial charge in [-0.15, -0.1) is 0 Å². The lowest BCUT2D eigenvalue weighted by molar-refractivity contribution is 0.210. The Hall–Kier alpha value is -1.50. The zero-order valence-electron chi connectivity index (χ0n) is 8.57. The number of ether oxygens (including phenoxy) is 1. The van der Waals surface area contributed by atoms with E-state index in [1.54, 1.807) is 6.08 Å². The summed E-state index contributed by atoms with van der Waals surface area (Å²) < 4.78 is 5.56. The Morgan fingerprint density at radius 3 is 2.64 bits per heavy atom. The predicted molar refractivity (Wildman–Crippen MR) is 59.8 cm³/mol. The zero-order chi connectivity index (χ0) is 10.2. The summed E-state index contributed by atoms with van der Waals surface area (Å²) in [5.74, 6) is 0.858. The second-order valence-electron chi connectivity index (χ2n) is 2.99. The lowest BCUT2D eigenvalue weighted by Gasteiger charge is -2.06. The molecule has 0 aliphatic rings. The zero-order valence-corrected chi connectivity index (χ0v) is 8.57. The molecular formula is C13H16O. The highest BCUT2D eigenvalue weighted by atomic mass is 16.5. The van der Waals surface area contributed by atoms with Crippen LogP contribution in [0.15, 0.2) is 54.8 Å². The van der Waals surface area contributed by atoms with Gasteiger partial charge in [0.25, 0.3) is 0 Å². The first-order valence-electron chi connectivity index (χ1n) is 4.86. The lowest BCUT2D eigenvalue weighted by atomic mass is 10.2. The van der Waals surface area contributed by atoms with Gasteiger partial charge in [0, 0.05) is 0 Å². The quantitative estimate of drug-likeness (QED) is 0.506. The van der Waals surface area contributed by atoms with Crippen LogP contribution in [0.5, 0.6) is 0 Å². The van der Waals surface area contributed by atoms with Gasteiger partial charge in [0.2, 0.25) is 0 Å². The van der Waals surface area contributed by atoms with Gasteiger partial charge in [-0.2, -0.15) is 0 Å². The number of hydrogen-bond donors (Lipinski definition) is 0. The summed E-state index contributed by atoms with van der Waals surface area (Å²) in [4.78, 5) is 0. The molecule has 74 valence electrons. The number of benzene rings is 1. The minimum absolute atomic E-state index is 0.610. The van der Waals surface area contributed by atoms with Crippen molar-refractivity contribution >= 4 is 0 Å². The van der Waals surface area contributed by atoms with Crippen LogP contribution < -0.4 is 0 Å². The third-order valence-corrected chi connectivity index (χ3v) is 1.85. The molecule has 0 heterocycles. The monoisotopic (exact) mass is 188 g/mol. The van der Waals surface area contributed by atoms with Crippen LogP contribution in [0, 0.1) is 0 Å². The largest absolute Gasteiger partial charge is 0.489 e. The van der Waals surface area contributed by atoms with Crippen molar-refractivity contribution in [3.8, 4) is 0 Å². The van der Waals surface area contributed by atoms with Crippen LogP contribution in [0.4, 0.5) is 0 Å². The smallest absolute Gasteiger partial charge is 0.115 e. The van der Waals surface area contributed by atoms with Crippen LogP contribution in [0.2, 0.25) is 0 Å². The van der Waals surface area contributed by atoms with Crippen LogP contribution in [0.1, 0.15) is 18.9 Å². The van der Waals surface area contributed by atoms with Crippen LogP contribution in [0.25, 0.3) is 0 Å². The molecule has 1 heteroatoms. The van der Waals surface area contributed by atoms with Gasteiger partial charge in [0.15, 0.2) is 0 Å². The predicted octanol–water partition coefficient (Wildman–Crippen LogP) is 3.68. The van der Waals surface area contributed by atoms with Gasteiger partial charge in [-0.25, -0.2) is 0 Å². The van der Waals surface area contributed by atoms with E-state index >= 15 is 0 Å². The third kappa shape index (κ3) is 3.48. The molecule has 0 saturated heterocycles. The van der Waals surface area contributed by atoms with Gasteiger partial charge in [0.05, 0.1) is 0 Å². The van der Waals surface area contributed by atoms with E-state index in [0.717, 1.165) is 12.2 Å². The molecule has 0 saturated carbocycles. The summed E-state index contributed by atoms with van der Waals surface area (Å²) in [6, 6.07) is 10.1. The summed E-state index contributed by atoms with van der Waals surface area (Å²) in [5.41, 5.74) is 1.18. The topological polar surface area (TPSA) is 9.23 Å². The second-order valence-corrected chi connectivity index (χ2v) is 2.99. The molecule has 0 amide bonds. The van der Waals surface area contributed by atoms with E-state index in [4.69, 9.17) is 4.74 Å². The number of rotatable bonds is 5. The van der Waals surface area contributed by atoms with Gasteiger partial charge >= 0.3 is 0 Å². The van der Waals surface area contributed by atoms with Gasteiger partial charge in [-0.05, 0) is 24.1 Å². The molecule has 0 aromatic heterocycles. The molecule has 1 nitrogen and oxygen atoms in total. The second kappa shape index (κ2) is 6.03. The summed E-state index contributed by atoms with van der Waals surface area (Å²) in [6.07, 6.45) is 4.73. The fourth-order valence-corrected chi connectivity index (χ4v) is 1.14. The Labute approximate surface area is 85.7 Å². The molecule has 0 radical (unpaired) electrons. The van der Waals surface area contributed by atoms with Crippen molar-refractivity contribution in [1.82, 2.24) is 0 Å². The van der Waals surface area contributed by atoms with E-state index in [9.17, 15) is 0 Å². The van der Waals surface area contributed by atoms with Crippen LogP contribution in [0.3, 0.4) is 0 Å². The molecule has 1 aromatic carbocycles. The molecule has 0 spiro atoms. The van der Waals surface area contributed by atoms with Gasteiger partial charge < -0.3 is 4.74 Å². The third-order valence-electron chi connectivity index (χ3n) is 1.85. The van der Waals surface area contributed by atoms with E-state index < -0.39 is 0 Å². The summed E-state index contributed by atoms with van der Waals surface area (Å²) in [7, 11) is 0. The number of allylic oxidation sites excluding steroid dienone is 2. The van der Waals surface area contributed by atoms with Crippen molar-refractivity contribution in [1.29, 1.82) is 0 Å². The van der Waals surface area contributed by atoms with Gasteiger partial charge in [0.1, 0.15) is 12.4 Å². The Balaban J connectivity index is 2.48. The maximum atomic E-state index is 5.56. The summed E-state index contributed by atoms with van der Waals surface area (Å²) in [5, 5.41) is 0. The first-order valence-corrected chi connectivity index (χ1v) is 4.86. The normalized spacial score (nSPS) is 11.1. The molecule has 0 atom stereocenters. The molecule has 1 aromatic rings. The first-order chi connectivity index (χ1) is 6.86. The highest BCUT2D eigenvalue weighted by Crippen LogP contribution is 2.07. The number of hydrogen-bond acceptors (Lipinski definition) is 1. The minimum atomic E-state index is 0.610. The Kier molecular flexibility index (Phi) is 4.56. The highest BCUT2D eigenvalue weighted by Gasteiger charge is 1.93. The van der Waals surface area contributed by atoms with E-state index in [1.165, 1.54) is 5.56 Å². The van der Waals surface area contributed by atoms with Crippen molar-refractivity contribution < 1.29 is 4.74 Å². The molecule has 0 N–H and O–H groups in total. The van der Waals surface area contributed by atoms with E-state index in [0.29, 0.717) is 6.61 Å². The lowest BCUT2D eigenvalue weighted by Crippen LogP contribution is -1.91.